The molecular weight excluding hydrogens is 225 g/mol. The second-order valence-electron chi connectivity index (χ2n) is 4.16. The lowest BCUT2D eigenvalue weighted by Crippen LogP contribution is -1.97. The molecule has 1 aromatic heterocycles. The van der Waals surface area contributed by atoms with E-state index in [0.717, 1.165) is 41.4 Å². The molecule has 82 valence electrons. The topological polar surface area (TPSA) is 12.9 Å². The monoisotopic (exact) mass is 235 g/mol. The van der Waals surface area contributed by atoms with E-state index in [1.165, 1.54) is 11.6 Å². The fourth-order valence-corrected chi connectivity index (χ4v) is 2.79. The molecule has 16 heavy (non-hydrogen) atoms. The molecule has 0 atom stereocenters. The lowest BCUT2D eigenvalue weighted by Gasteiger charge is -2.09. The molecule has 3 rings (SSSR count). The van der Waals surface area contributed by atoms with Gasteiger partial charge >= 0.3 is 0 Å². The van der Waals surface area contributed by atoms with Gasteiger partial charge in [-0.05, 0) is 48.6 Å². The number of alkyl halides is 1. The van der Waals surface area contributed by atoms with Crippen molar-refractivity contribution in [1.29, 1.82) is 0 Å². The number of benzene rings is 1. The molecule has 3 heteroatoms. The Morgan fingerprint density at radius 2 is 2.19 bits per heavy atom. The highest BCUT2D eigenvalue weighted by Crippen LogP contribution is 2.31. The molecule has 1 aromatic carbocycles. The van der Waals surface area contributed by atoms with Gasteiger partial charge in [0.1, 0.15) is 5.82 Å². The first-order chi connectivity index (χ1) is 7.79. The lowest BCUT2D eigenvalue weighted by atomic mass is 10.0. The Labute approximate surface area is 98.3 Å². The molecule has 2 aromatic rings. The molecule has 1 aliphatic carbocycles. The van der Waals surface area contributed by atoms with Gasteiger partial charge in [-0.2, -0.15) is 0 Å². The number of aryl methyl sites for hydroxylation is 1. The highest BCUT2D eigenvalue weighted by molar-refractivity contribution is 6.18. The minimum atomic E-state index is -0.224. The van der Waals surface area contributed by atoms with Gasteiger partial charge in [0.15, 0.2) is 0 Å². The lowest BCUT2D eigenvalue weighted by molar-refractivity contribution is 0.629. The minimum absolute atomic E-state index is 0.224. The first-order valence-electron chi connectivity index (χ1n) is 5.45. The number of nitrogens with zero attached hydrogens (tertiary/aromatic N) is 1. The molecule has 0 saturated heterocycles. The van der Waals surface area contributed by atoms with E-state index in [2.05, 4.69) is 4.98 Å². The summed E-state index contributed by atoms with van der Waals surface area (Å²) in [4.78, 5) is 4.58. The number of pyridine rings is 1. The zero-order chi connectivity index (χ0) is 11.1. The van der Waals surface area contributed by atoms with E-state index in [1.807, 2.05) is 0 Å². The average molecular weight is 236 g/mol. The van der Waals surface area contributed by atoms with Crippen molar-refractivity contribution >= 4 is 22.5 Å². The van der Waals surface area contributed by atoms with E-state index in [4.69, 9.17) is 11.6 Å². The summed E-state index contributed by atoms with van der Waals surface area (Å²) in [6, 6.07) is 4.73. The number of fused-ring (bicyclic) bond motifs is 2. The van der Waals surface area contributed by atoms with Crippen LogP contribution in [0.1, 0.15) is 23.2 Å². The number of rotatable bonds is 1. The van der Waals surface area contributed by atoms with Crippen molar-refractivity contribution in [2.24, 2.45) is 0 Å². The van der Waals surface area contributed by atoms with Crippen molar-refractivity contribution in [3.8, 4) is 0 Å². The number of aromatic nitrogens is 1. The summed E-state index contributed by atoms with van der Waals surface area (Å²) < 4.78 is 13.2. The number of halogens is 2. The molecule has 1 heterocycles. The SMILES string of the molecule is Fc1ccc2nc3c(c(CCl)c2c1)CCC3. The van der Waals surface area contributed by atoms with Gasteiger partial charge in [0, 0.05) is 17.0 Å². The van der Waals surface area contributed by atoms with Crippen molar-refractivity contribution < 1.29 is 4.39 Å². The van der Waals surface area contributed by atoms with Crippen molar-refractivity contribution in [1.82, 2.24) is 4.98 Å². The summed E-state index contributed by atoms with van der Waals surface area (Å²) >= 11 is 5.99. The van der Waals surface area contributed by atoms with Crippen LogP contribution in [0.2, 0.25) is 0 Å². The van der Waals surface area contributed by atoms with Gasteiger partial charge in [0.2, 0.25) is 0 Å². The Kier molecular flexibility index (Phi) is 2.32. The summed E-state index contributed by atoms with van der Waals surface area (Å²) in [6.45, 7) is 0. The van der Waals surface area contributed by atoms with Crippen molar-refractivity contribution in [3.05, 3.63) is 40.8 Å². The second kappa shape index (κ2) is 3.70. The number of hydrogen-bond donors (Lipinski definition) is 0. The van der Waals surface area contributed by atoms with E-state index >= 15 is 0 Å². The Morgan fingerprint density at radius 1 is 1.31 bits per heavy atom. The van der Waals surface area contributed by atoms with Gasteiger partial charge in [0.05, 0.1) is 5.52 Å². The predicted octanol–water partition coefficient (Wildman–Crippen LogP) is 3.60. The van der Waals surface area contributed by atoms with E-state index < -0.39 is 0 Å². The molecule has 0 N–H and O–H groups in total. The Morgan fingerprint density at radius 3 is 3.00 bits per heavy atom. The maximum Gasteiger partial charge on any atom is 0.123 e. The van der Waals surface area contributed by atoms with Crippen LogP contribution < -0.4 is 0 Å². The molecule has 1 nitrogen and oxygen atoms in total. The van der Waals surface area contributed by atoms with Crippen LogP contribution in [0.4, 0.5) is 4.39 Å². The number of hydrogen-bond acceptors (Lipinski definition) is 1. The summed E-state index contributed by atoms with van der Waals surface area (Å²) in [5.74, 6) is 0.212. The normalized spacial score (nSPS) is 14.4. The third-order valence-corrected chi connectivity index (χ3v) is 3.49. The molecular formula is C13H11ClFN. The van der Waals surface area contributed by atoms with Gasteiger partial charge in [-0.3, -0.25) is 4.98 Å². The highest BCUT2D eigenvalue weighted by Gasteiger charge is 2.18. The zero-order valence-corrected chi connectivity index (χ0v) is 9.52. The molecule has 0 radical (unpaired) electrons. The van der Waals surface area contributed by atoms with Gasteiger partial charge in [-0.25, -0.2) is 4.39 Å². The first kappa shape index (κ1) is 10.0. The van der Waals surface area contributed by atoms with Crippen LogP contribution in [0, 0.1) is 5.82 Å². The van der Waals surface area contributed by atoms with Crippen LogP contribution in [-0.2, 0) is 18.7 Å². The average Bonchev–Trinajstić information content (AvgIpc) is 2.73. The van der Waals surface area contributed by atoms with Crippen molar-refractivity contribution in [2.75, 3.05) is 0 Å². The van der Waals surface area contributed by atoms with Crippen molar-refractivity contribution in [2.45, 2.75) is 25.1 Å². The smallest absolute Gasteiger partial charge is 0.123 e. The summed E-state index contributed by atoms with van der Waals surface area (Å²) in [6.07, 6.45) is 3.18. The van der Waals surface area contributed by atoms with E-state index in [9.17, 15) is 4.39 Å². The second-order valence-corrected chi connectivity index (χ2v) is 4.43. The molecule has 0 fully saturated rings. The van der Waals surface area contributed by atoms with E-state index in [-0.39, 0.29) is 5.82 Å². The molecule has 0 saturated carbocycles. The molecule has 0 spiro atoms. The standard InChI is InChI=1S/C13H11ClFN/c14-7-11-9-2-1-3-12(9)16-13-5-4-8(15)6-10(11)13/h4-6H,1-3,7H2. The maximum absolute atomic E-state index is 13.2. The first-order valence-corrected chi connectivity index (χ1v) is 5.99. The summed E-state index contributed by atoms with van der Waals surface area (Å²) in [5.41, 5.74) is 4.32. The van der Waals surface area contributed by atoms with Crippen LogP contribution >= 0.6 is 11.6 Å². The fourth-order valence-electron chi connectivity index (χ4n) is 2.48. The fraction of sp³-hybridized carbons (Fsp3) is 0.308. The quantitative estimate of drug-likeness (QED) is 0.689. The molecule has 0 aliphatic heterocycles. The minimum Gasteiger partial charge on any atom is -0.253 e. The van der Waals surface area contributed by atoms with Crippen LogP contribution in [0.5, 0.6) is 0 Å². The zero-order valence-electron chi connectivity index (χ0n) is 8.76. The summed E-state index contributed by atoms with van der Waals surface area (Å²) in [7, 11) is 0. The van der Waals surface area contributed by atoms with Gasteiger partial charge in [0.25, 0.3) is 0 Å². The van der Waals surface area contributed by atoms with E-state index in [1.54, 1.807) is 12.1 Å². The third kappa shape index (κ3) is 1.40. The van der Waals surface area contributed by atoms with Crippen LogP contribution in [0.3, 0.4) is 0 Å². The van der Waals surface area contributed by atoms with Gasteiger partial charge in [-0.1, -0.05) is 0 Å². The Hall–Kier alpha value is -1.15. The molecule has 0 amide bonds. The molecule has 0 unspecified atom stereocenters. The molecule has 1 aliphatic rings. The summed E-state index contributed by atoms with van der Waals surface area (Å²) in [5, 5.41) is 0.871. The van der Waals surface area contributed by atoms with Crippen LogP contribution in [-0.4, -0.2) is 4.98 Å². The van der Waals surface area contributed by atoms with Crippen LogP contribution in [0.25, 0.3) is 10.9 Å². The largest absolute Gasteiger partial charge is 0.253 e. The highest BCUT2D eigenvalue weighted by atomic mass is 35.5. The Bertz CT molecular complexity index is 565. The predicted molar refractivity (Wildman–Crippen MR) is 63.3 cm³/mol. The maximum atomic E-state index is 13.2. The van der Waals surface area contributed by atoms with Gasteiger partial charge in [-0.15, -0.1) is 11.6 Å². The Balaban J connectivity index is 2.40. The molecule has 0 bridgehead atoms. The van der Waals surface area contributed by atoms with Crippen molar-refractivity contribution in [3.63, 3.8) is 0 Å². The van der Waals surface area contributed by atoms with E-state index in [0.29, 0.717) is 5.88 Å². The van der Waals surface area contributed by atoms with Gasteiger partial charge < -0.3 is 0 Å². The van der Waals surface area contributed by atoms with Crippen LogP contribution in [0.15, 0.2) is 18.2 Å². The third-order valence-electron chi connectivity index (χ3n) is 3.23.